The first kappa shape index (κ1) is 17.2. The van der Waals surface area contributed by atoms with Crippen LogP contribution in [0.5, 0.6) is 5.75 Å². The molecule has 0 aliphatic carbocycles. The Kier molecular flexibility index (Phi) is 4.34. The summed E-state index contributed by atoms with van der Waals surface area (Å²) < 4.78 is 57.2. The van der Waals surface area contributed by atoms with E-state index in [0.29, 0.717) is 11.8 Å². The Hall–Kier alpha value is -2.68. The molecule has 0 aromatic heterocycles. The molecule has 1 aliphatic rings. The van der Waals surface area contributed by atoms with Gasteiger partial charge in [0.25, 0.3) is 5.91 Å². The van der Waals surface area contributed by atoms with Crippen molar-refractivity contribution < 1.29 is 26.7 Å². The van der Waals surface area contributed by atoms with Crippen molar-refractivity contribution in [1.82, 2.24) is 0 Å². The van der Waals surface area contributed by atoms with Crippen LogP contribution >= 0.6 is 0 Å². The number of hydrogen-bond donors (Lipinski definition) is 1. The van der Waals surface area contributed by atoms with Crippen molar-refractivity contribution in [2.75, 3.05) is 22.4 Å². The molecule has 1 aliphatic heterocycles. The quantitative estimate of drug-likeness (QED) is 0.901. The van der Waals surface area contributed by atoms with Crippen molar-refractivity contribution in [2.24, 2.45) is 0 Å². The van der Waals surface area contributed by atoms with E-state index in [1.165, 1.54) is 6.07 Å². The molecule has 0 saturated carbocycles. The van der Waals surface area contributed by atoms with Crippen LogP contribution in [0.4, 0.5) is 20.2 Å². The largest absolute Gasteiger partial charge is 0.476 e. The van der Waals surface area contributed by atoms with Gasteiger partial charge >= 0.3 is 0 Å². The third-order valence-electron chi connectivity index (χ3n) is 3.62. The van der Waals surface area contributed by atoms with E-state index < -0.39 is 33.7 Å². The maximum absolute atomic E-state index is 13.7. The van der Waals surface area contributed by atoms with Gasteiger partial charge in [-0.15, -0.1) is 0 Å². The van der Waals surface area contributed by atoms with Gasteiger partial charge in [0.05, 0.1) is 24.2 Å². The van der Waals surface area contributed by atoms with Crippen LogP contribution in [0, 0.1) is 11.6 Å². The highest BCUT2D eigenvalue weighted by molar-refractivity contribution is 7.92. The van der Waals surface area contributed by atoms with Gasteiger partial charge in [0.1, 0.15) is 17.4 Å². The third-order valence-corrected chi connectivity index (χ3v) is 4.76. The molecule has 6 nitrogen and oxygen atoms in total. The van der Waals surface area contributed by atoms with E-state index in [0.717, 1.165) is 22.7 Å². The summed E-state index contributed by atoms with van der Waals surface area (Å²) in [6.45, 7) is -0.259. The topological polar surface area (TPSA) is 75.7 Å². The van der Waals surface area contributed by atoms with Crippen molar-refractivity contribution in [3.8, 4) is 5.75 Å². The number of fused-ring (bicyclic) bond motifs is 1. The SMILES string of the molecule is CS(=O)(=O)N1C[C@H](C(=O)Nc2ccc(F)cc2F)Oc2ccccc21. The van der Waals surface area contributed by atoms with Crippen LogP contribution in [0.2, 0.25) is 0 Å². The number of halogens is 2. The number of nitrogens with one attached hydrogen (secondary N) is 1. The number of rotatable bonds is 3. The Morgan fingerprint density at radius 3 is 2.64 bits per heavy atom. The molecule has 1 amide bonds. The van der Waals surface area contributed by atoms with Crippen LogP contribution in [-0.2, 0) is 14.8 Å². The summed E-state index contributed by atoms with van der Waals surface area (Å²) in [6.07, 6.45) is -0.168. The monoisotopic (exact) mass is 368 g/mol. The summed E-state index contributed by atoms with van der Waals surface area (Å²) in [5.74, 6) is -2.24. The number of hydrogen-bond acceptors (Lipinski definition) is 4. The molecular formula is C16H14F2N2O4S. The molecule has 3 rings (SSSR count). The van der Waals surface area contributed by atoms with E-state index in [2.05, 4.69) is 5.32 Å². The number of nitrogens with zero attached hydrogens (tertiary/aromatic N) is 1. The van der Waals surface area contributed by atoms with Crippen LogP contribution in [0.1, 0.15) is 0 Å². The number of ether oxygens (including phenoxy) is 1. The minimum absolute atomic E-state index is 0.221. The average Bonchev–Trinajstić information content (AvgIpc) is 2.55. The van der Waals surface area contributed by atoms with Crippen LogP contribution < -0.4 is 14.4 Å². The third kappa shape index (κ3) is 3.55. The molecule has 0 radical (unpaired) electrons. The Morgan fingerprint density at radius 1 is 1.24 bits per heavy atom. The number of para-hydroxylation sites is 2. The number of carbonyl (C=O) groups is 1. The lowest BCUT2D eigenvalue weighted by molar-refractivity contribution is -0.122. The van der Waals surface area contributed by atoms with Gasteiger partial charge in [-0.2, -0.15) is 0 Å². The molecule has 1 heterocycles. The standard InChI is InChI=1S/C16H14F2N2O4S/c1-25(22,23)20-9-15(24-14-5-3-2-4-13(14)20)16(21)19-12-7-6-10(17)8-11(12)18/h2-8,15H,9H2,1H3,(H,19,21)/t15-/m1/s1. The van der Waals surface area contributed by atoms with Gasteiger partial charge in [0, 0.05) is 6.07 Å². The summed E-state index contributed by atoms with van der Waals surface area (Å²) in [7, 11) is -3.64. The van der Waals surface area contributed by atoms with Gasteiger partial charge < -0.3 is 10.1 Å². The van der Waals surface area contributed by atoms with Crippen molar-refractivity contribution in [3.63, 3.8) is 0 Å². The molecule has 132 valence electrons. The smallest absolute Gasteiger partial charge is 0.267 e. The van der Waals surface area contributed by atoms with Crippen molar-refractivity contribution in [2.45, 2.75) is 6.10 Å². The highest BCUT2D eigenvalue weighted by Crippen LogP contribution is 2.34. The number of anilines is 2. The Balaban J connectivity index is 1.87. The van der Waals surface area contributed by atoms with Crippen molar-refractivity contribution in [1.29, 1.82) is 0 Å². The van der Waals surface area contributed by atoms with Crippen LogP contribution in [-0.4, -0.2) is 33.2 Å². The fourth-order valence-corrected chi connectivity index (χ4v) is 3.37. The summed E-state index contributed by atoms with van der Waals surface area (Å²) in [6, 6.07) is 9.09. The lowest BCUT2D eigenvalue weighted by atomic mass is 10.2. The fourth-order valence-electron chi connectivity index (χ4n) is 2.46. The number of amides is 1. The minimum Gasteiger partial charge on any atom is -0.476 e. The molecule has 2 aromatic carbocycles. The first-order valence-corrected chi connectivity index (χ1v) is 9.10. The first-order chi connectivity index (χ1) is 11.8. The van der Waals surface area contributed by atoms with E-state index in [-0.39, 0.29) is 18.0 Å². The summed E-state index contributed by atoms with van der Waals surface area (Å²) in [5, 5.41) is 2.28. The zero-order chi connectivity index (χ0) is 18.2. The molecule has 2 aromatic rings. The van der Waals surface area contributed by atoms with Gasteiger partial charge in [-0.25, -0.2) is 17.2 Å². The van der Waals surface area contributed by atoms with Crippen molar-refractivity contribution in [3.05, 3.63) is 54.1 Å². The molecule has 0 saturated heterocycles. The maximum atomic E-state index is 13.7. The van der Waals surface area contributed by atoms with Gasteiger partial charge in [0.15, 0.2) is 6.10 Å². The zero-order valence-corrected chi connectivity index (χ0v) is 13.9. The average molecular weight is 368 g/mol. The molecule has 25 heavy (non-hydrogen) atoms. The number of carbonyl (C=O) groups excluding carboxylic acids is 1. The number of benzene rings is 2. The Labute approximate surface area is 143 Å². The lowest BCUT2D eigenvalue weighted by Crippen LogP contribution is -2.48. The van der Waals surface area contributed by atoms with E-state index >= 15 is 0 Å². The molecule has 0 fully saturated rings. The van der Waals surface area contributed by atoms with Crippen LogP contribution in [0.15, 0.2) is 42.5 Å². The highest BCUT2D eigenvalue weighted by atomic mass is 32.2. The molecule has 1 atom stereocenters. The minimum atomic E-state index is -3.64. The molecule has 0 bridgehead atoms. The van der Waals surface area contributed by atoms with E-state index in [4.69, 9.17) is 4.74 Å². The second-order valence-corrected chi connectivity index (χ2v) is 7.39. The lowest BCUT2D eigenvalue weighted by Gasteiger charge is -2.33. The normalized spacial score (nSPS) is 16.8. The second kappa shape index (κ2) is 6.32. The zero-order valence-electron chi connectivity index (χ0n) is 13.1. The first-order valence-electron chi connectivity index (χ1n) is 7.25. The van der Waals surface area contributed by atoms with Crippen molar-refractivity contribution >= 4 is 27.3 Å². The fraction of sp³-hybridized carbons (Fsp3) is 0.188. The summed E-state index contributed by atoms with van der Waals surface area (Å²) >= 11 is 0. The van der Waals surface area contributed by atoms with E-state index in [1.54, 1.807) is 18.2 Å². The molecular weight excluding hydrogens is 354 g/mol. The molecule has 0 spiro atoms. The molecule has 0 unspecified atom stereocenters. The van der Waals surface area contributed by atoms with E-state index in [9.17, 15) is 22.0 Å². The number of sulfonamides is 1. The van der Waals surface area contributed by atoms with Crippen LogP contribution in [0.25, 0.3) is 0 Å². The molecule has 1 N–H and O–H groups in total. The van der Waals surface area contributed by atoms with Gasteiger partial charge in [-0.1, -0.05) is 12.1 Å². The van der Waals surface area contributed by atoms with Gasteiger partial charge in [0.2, 0.25) is 10.0 Å². The predicted octanol–water partition coefficient (Wildman–Crippen LogP) is 2.13. The maximum Gasteiger partial charge on any atom is 0.267 e. The summed E-state index contributed by atoms with van der Waals surface area (Å²) in [4.78, 5) is 12.4. The Morgan fingerprint density at radius 2 is 1.96 bits per heavy atom. The van der Waals surface area contributed by atoms with E-state index in [1.807, 2.05) is 0 Å². The van der Waals surface area contributed by atoms with Crippen LogP contribution in [0.3, 0.4) is 0 Å². The Bertz CT molecular complexity index is 933. The molecule has 9 heteroatoms. The second-order valence-electron chi connectivity index (χ2n) is 5.48. The highest BCUT2D eigenvalue weighted by Gasteiger charge is 2.35. The van der Waals surface area contributed by atoms with Gasteiger partial charge in [-0.3, -0.25) is 9.10 Å². The predicted molar refractivity (Wildman–Crippen MR) is 88.0 cm³/mol. The van der Waals surface area contributed by atoms with Gasteiger partial charge in [-0.05, 0) is 24.3 Å². The summed E-state index contributed by atoms with van der Waals surface area (Å²) in [5.41, 5.74) is 0.0989.